The Balaban J connectivity index is 1.67. The van der Waals surface area contributed by atoms with Crippen molar-refractivity contribution in [3.05, 3.63) is 115 Å². The number of nitrogens with one attached hydrogen (secondary N) is 1. The molecule has 0 radical (unpaired) electrons. The van der Waals surface area contributed by atoms with Crippen LogP contribution in [0.2, 0.25) is 0 Å². The van der Waals surface area contributed by atoms with Crippen LogP contribution in [0.15, 0.2) is 123 Å². The summed E-state index contributed by atoms with van der Waals surface area (Å²) in [7, 11) is -2.90. The molecular formula is C28H23N3O2S. The van der Waals surface area contributed by atoms with Crippen LogP contribution < -0.4 is 5.32 Å². The normalized spacial score (nSPS) is 11.3. The summed E-state index contributed by atoms with van der Waals surface area (Å²) in [5, 5.41) is 14.2. The van der Waals surface area contributed by atoms with Crippen LogP contribution >= 0.6 is 0 Å². The van der Waals surface area contributed by atoms with Gasteiger partial charge in [-0.25, -0.2) is 4.21 Å². The number of rotatable bonds is 5. The Hall–Kier alpha value is -4.16. The second kappa shape index (κ2) is 9.00. The molecule has 0 amide bonds. The number of pyridine rings is 1. The number of aromatic hydroxyl groups is 1. The second-order valence-corrected chi connectivity index (χ2v) is 10.1. The molecule has 4 aromatic carbocycles. The first-order valence-electron chi connectivity index (χ1n) is 10.9. The van der Waals surface area contributed by atoms with Gasteiger partial charge in [0.25, 0.3) is 0 Å². The minimum absolute atomic E-state index is 0.188. The van der Waals surface area contributed by atoms with Crippen LogP contribution in [0.25, 0.3) is 10.9 Å². The first-order chi connectivity index (χ1) is 16.5. The van der Waals surface area contributed by atoms with Crippen molar-refractivity contribution in [1.29, 1.82) is 0 Å². The van der Waals surface area contributed by atoms with Crippen molar-refractivity contribution in [1.82, 2.24) is 4.98 Å². The molecule has 0 aliphatic rings. The average molecular weight is 466 g/mol. The van der Waals surface area contributed by atoms with E-state index in [-0.39, 0.29) is 5.75 Å². The summed E-state index contributed by atoms with van der Waals surface area (Å²) in [6.45, 7) is 1.97. The smallest absolute Gasteiger partial charge is 0.117 e. The third-order valence-corrected chi connectivity index (χ3v) is 7.87. The third-order valence-electron chi connectivity index (χ3n) is 5.57. The lowest BCUT2D eigenvalue weighted by atomic mass is 10.1. The highest BCUT2D eigenvalue weighted by Gasteiger charge is 2.16. The van der Waals surface area contributed by atoms with E-state index in [1.165, 1.54) is 0 Å². The lowest BCUT2D eigenvalue weighted by Gasteiger charge is -2.14. The minimum atomic E-state index is -2.90. The lowest BCUT2D eigenvalue weighted by Crippen LogP contribution is -2.01. The largest absolute Gasteiger partial charge is 0.508 e. The van der Waals surface area contributed by atoms with Crippen molar-refractivity contribution < 1.29 is 9.32 Å². The van der Waals surface area contributed by atoms with Gasteiger partial charge >= 0.3 is 0 Å². The number of aryl methyl sites for hydroxylation is 1. The monoisotopic (exact) mass is 465 g/mol. The van der Waals surface area contributed by atoms with Gasteiger partial charge in [-0.3, -0.25) is 4.98 Å². The highest BCUT2D eigenvalue weighted by atomic mass is 32.2. The molecule has 1 heterocycles. The Labute approximate surface area is 198 Å². The number of phenols is 1. The van der Waals surface area contributed by atoms with Gasteiger partial charge in [-0.2, -0.15) is 4.36 Å². The summed E-state index contributed by atoms with van der Waals surface area (Å²) < 4.78 is 19.1. The fraction of sp³-hybridized carbons (Fsp3) is 0.0357. The molecule has 168 valence electrons. The number of aromatic nitrogens is 1. The molecule has 0 saturated carbocycles. The van der Waals surface area contributed by atoms with Gasteiger partial charge in [-0.15, -0.1) is 0 Å². The Morgan fingerprint density at radius 1 is 0.794 bits per heavy atom. The molecule has 0 fully saturated rings. The van der Waals surface area contributed by atoms with Crippen LogP contribution in [0.3, 0.4) is 0 Å². The van der Waals surface area contributed by atoms with Crippen LogP contribution in [0.1, 0.15) is 5.56 Å². The Morgan fingerprint density at radius 3 is 2.15 bits per heavy atom. The molecule has 5 aromatic rings. The molecule has 6 heteroatoms. The molecule has 34 heavy (non-hydrogen) atoms. The summed E-state index contributed by atoms with van der Waals surface area (Å²) >= 11 is 0. The fourth-order valence-corrected chi connectivity index (χ4v) is 5.74. The number of hydrogen-bond donors (Lipinski definition) is 2. The first kappa shape index (κ1) is 21.7. The zero-order valence-corrected chi connectivity index (χ0v) is 19.4. The average Bonchev–Trinajstić information content (AvgIpc) is 2.87. The number of fused-ring (bicyclic) bond motifs is 1. The summed E-state index contributed by atoms with van der Waals surface area (Å²) in [5.41, 5.74) is 4.00. The molecule has 0 saturated heterocycles. The van der Waals surface area contributed by atoms with E-state index in [1.807, 2.05) is 97.9 Å². The van der Waals surface area contributed by atoms with Gasteiger partial charge in [-0.1, -0.05) is 42.5 Å². The minimum Gasteiger partial charge on any atom is -0.508 e. The number of nitrogens with zero attached hydrogens (tertiary/aromatic N) is 2. The van der Waals surface area contributed by atoms with Gasteiger partial charge in [0.15, 0.2) is 0 Å². The second-order valence-electron chi connectivity index (χ2n) is 7.93. The standard InChI is InChI=1S/C28H23N3O2S/c1-20-12-14-22(32)19-28(20)30-27-16-17-29-26-15-13-21(18-25(26)27)31-34(33,23-8-4-2-5-9-23)24-10-6-3-7-11-24/h2-19,32H,1H3,(H,29,30). The molecule has 0 aliphatic carbocycles. The molecule has 0 bridgehead atoms. The lowest BCUT2D eigenvalue weighted by molar-refractivity contribution is 0.475. The van der Waals surface area contributed by atoms with Gasteiger partial charge in [0, 0.05) is 29.0 Å². The molecule has 2 N–H and O–H groups in total. The van der Waals surface area contributed by atoms with Crippen LogP contribution in [-0.4, -0.2) is 14.3 Å². The van der Waals surface area contributed by atoms with E-state index < -0.39 is 9.73 Å². The first-order valence-corrected chi connectivity index (χ1v) is 12.4. The Kier molecular flexibility index (Phi) is 5.74. The van der Waals surface area contributed by atoms with E-state index in [9.17, 15) is 9.32 Å². The van der Waals surface area contributed by atoms with E-state index in [2.05, 4.69) is 10.3 Å². The molecule has 0 atom stereocenters. The maximum atomic E-state index is 14.3. The number of hydrogen-bond acceptors (Lipinski definition) is 5. The van der Waals surface area contributed by atoms with E-state index in [0.717, 1.165) is 27.8 Å². The van der Waals surface area contributed by atoms with Gasteiger partial charge in [0.1, 0.15) is 15.5 Å². The summed E-state index contributed by atoms with van der Waals surface area (Å²) in [6, 6.07) is 31.4. The molecule has 0 spiro atoms. The Bertz CT molecular complexity index is 1550. The predicted molar refractivity (Wildman–Crippen MR) is 138 cm³/mol. The van der Waals surface area contributed by atoms with Crippen molar-refractivity contribution in [2.24, 2.45) is 4.36 Å². The molecular weight excluding hydrogens is 442 g/mol. The van der Waals surface area contributed by atoms with E-state index in [1.54, 1.807) is 18.3 Å². The molecule has 5 nitrogen and oxygen atoms in total. The van der Waals surface area contributed by atoms with Gasteiger partial charge in [0.05, 0.1) is 21.0 Å². The highest BCUT2D eigenvalue weighted by Crippen LogP contribution is 2.33. The van der Waals surface area contributed by atoms with Crippen molar-refractivity contribution in [3.63, 3.8) is 0 Å². The third kappa shape index (κ3) is 4.23. The van der Waals surface area contributed by atoms with Gasteiger partial charge in [0.2, 0.25) is 0 Å². The van der Waals surface area contributed by atoms with E-state index in [4.69, 9.17) is 4.36 Å². The molecule has 1 aromatic heterocycles. The zero-order valence-electron chi connectivity index (χ0n) is 18.6. The number of anilines is 2. The summed E-state index contributed by atoms with van der Waals surface area (Å²) in [6.07, 6.45) is 1.73. The topological polar surface area (TPSA) is 74.6 Å². The van der Waals surface area contributed by atoms with Crippen LogP contribution in [0.4, 0.5) is 17.1 Å². The number of phenolic OH excluding ortho intramolecular Hbond substituents is 1. The van der Waals surface area contributed by atoms with Crippen molar-refractivity contribution >= 4 is 37.7 Å². The maximum absolute atomic E-state index is 14.3. The molecule has 0 aliphatic heterocycles. The van der Waals surface area contributed by atoms with Crippen LogP contribution in [0, 0.1) is 6.92 Å². The quantitative estimate of drug-likeness (QED) is 0.288. The van der Waals surface area contributed by atoms with Crippen LogP contribution in [-0.2, 0) is 9.73 Å². The highest BCUT2D eigenvalue weighted by molar-refractivity contribution is 7.93. The molecule has 0 unspecified atom stereocenters. The SMILES string of the molecule is Cc1ccc(O)cc1Nc1ccnc2ccc(N=S(=O)(c3ccccc3)c3ccccc3)cc12. The van der Waals surface area contributed by atoms with Crippen molar-refractivity contribution in [2.75, 3.05) is 5.32 Å². The van der Waals surface area contributed by atoms with Gasteiger partial charge < -0.3 is 10.4 Å². The number of benzene rings is 4. The maximum Gasteiger partial charge on any atom is 0.117 e. The molecule has 5 rings (SSSR count). The fourth-order valence-electron chi connectivity index (χ4n) is 3.79. The zero-order chi connectivity index (χ0) is 23.5. The van der Waals surface area contributed by atoms with Crippen molar-refractivity contribution in [3.8, 4) is 5.75 Å². The van der Waals surface area contributed by atoms with Gasteiger partial charge in [-0.05, 0) is 67.1 Å². The Morgan fingerprint density at radius 2 is 1.47 bits per heavy atom. The summed E-state index contributed by atoms with van der Waals surface area (Å²) in [5.74, 6) is 0.188. The van der Waals surface area contributed by atoms with E-state index >= 15 is 0 Å². The van der Waals surface area contributed by atoms with Crippen molar-refractivity contribution in [2.45, 2.75) is 16.7 Å². The van der Waals surface area contributed by atoms with Crippen LogP contribution in [0.5, 0.6) is 5.75 Å². The summed E-state index contributed by atoms with van der Waals surface area (Å²) in [4.78, 5) is 5.78. The van der Waals surface area contributed by atoms with E-state index in [0.29, 0.717) is 15.5 Å². The predicted octanol–water partition coefficient (Wildman–Crippen LogP) is 7.21.